The molecule has 14 heavy (non-hydrogen) atoms. The Morgan fingerprint density at radius 2 is 2.07 bits per heavy atom. The van der Waals surface area contributed by atoms with Crippen molar-refractivity contribution in [1.29, 1.82) is 0 Å². The van der Waals surface area contributed by atoms with Gasteiger partial charge in [0.15, 0.2) is 0 Å². The van der Waals surface area contributed by atoms with Gasteiger partial charge in [0, 0.05) is 11.9 Å². The van der Waals surface area contributed by atoms with Crippen LogP contribution in [-0.4, -0.2) is 17.5 Å². The molecule has 1 nitrogen and oxygen atoms in total. The first-order chi connectivity index (χ1) is 6.52. The summed E-state index contributed by atoms with van der Waals surface area (Å²) < 4.78 is 5.59. The van der Waals surface area contributed by atoms with Crippen LogP contribution in [0, 0.1) is 0 Å². The highest BCUT2D eigenvalue weighted by Crippen LogP contribution is 2.15. The molecule has 82 valence electrons. The molecule has 0 aliphatic rings. The molecule has 2 heteroatoms. The van der Waals surface area contributed by atoms with E-state index < -0.39 is 0 Å². The molecule has 0 N–H and O–H groups in total. The topological polar surface area (TPSA) is 9.23 Å². The number of halogens is 1. The van der Waals surface area contributed by atoms with Crippen molar-refractivity contribution in [2.45, 2.75) is 39.7 Å². The van der Waals surface area contributed by atoms with Crippen molar-refractivity contribution in [3.05, 3.63) is 23.8 Å². The predicted molar refractivity (Wildman–Crippen MR) is 67.0 cm³/mol. The molecule has 0 rings (SSSR count). The number of allylic oxidation sites excluding steroid dienone is 3. The standard InChI is InChI=1S/C12H21BrO/c1-5-14-12(3,4)9-6-7-11(2)8-10-13/h6-8H,5,9-10H2,1-4H3. The van der Waals surface area contributed by atoms with Gasteiger partial charge in [-0.2, -0.15) is 0 Å². The van der Waals surface area contributed by atoms with Crippen LogP contribution in [0.4, 0.5) is 0 Å². The van der Waals surface area contributed by atoms with E-state index in [9.17, 15) is 0 Å². The predicted octanol–water partition coefficient (Wildman–Crippen LogP) is 4.09. The van der Waals surface area contributed by atoms with Crippen molar-refractivity contribution in [3.63, 3.8) is 0 Å². The van der Waals surface area contributed by atoms with Gasteiger partial charge in [-0.25, -0.2) is 0 Å². The second-order valence-corrected chi connectivity index (χ2v) is 4.55. The second kappa shape index (κ2) is 7.24. The van der Waals surface area contributed by atoms with Crippen molar-refractivity contribution in [3.8, 4) is 0 Å². The van der Waals surface area contributed by atoms with Crippen molar-refractivity contribution < 1.29 is 4.74 Å². The highest BCUT2D eigenvalue weighted by molar-refractivity contribution is 9.09. The molecule has 0 spiro atoms. The third-order valence-corrected chi connectivity index (χ3v) is 2.25. The lowest BCUT2D eigenvalue weighted by molar-refractivity contribution is -0.00732. The second-order valence-electron chi connectivity index (χ2n) is 3.90. The average Bonchev–Trinajstić information content (AvgIpc) is 2.03. The Kier molecular flexibility index (Phi) is 7.20. The van der Waals surface area contributed by atoms with Crippen LogP contribution >= 0.6 is 15.9 Å². The highest BCUT2D eigenvalue weighted by atomic mass is 79.9. The van der Waals surface area contributed by atoms with Gasteiger partial charge in [0.25, 0.3) is 0 Å². The van der Waals surface area contributed by atoms with Crippen LogP contribution in [0.3, 0.4) is 0 Å². The Balaban J connectivity index is 3.97. The third kappa shape index (κ3) is 7.34. The highest BCUT2D eigenvalue weighted by Gasteiger charge is 2.14. The van der Waals surface area contributed by atoms with E-state index in [1.165, 1.54) is 5.57 Å². The average molecular weight is 261 g/mol. The van der Waals surface area contributed by atoms with Crippen LogP contribution in [0.2, 0.25) is 0 Å². The normalized spacial score (nSPS) is 13.9. The van der Waals surface area contributed by atoms with Gasteiger partial charge < -0.3 is 4.74 Å². The molecular formula is C12H21BrO. The molecule has 0 saturated carbocycles. The third-order valence-electron chi connectivity index (χ3n) is 1.92. The summed E-state index contributed by atoms with van der Waals surface area (Å²) in [6.07, 6.45) is 7.41. The molecule has 0 fully saturated rings. The van der Waals surface area contributed by atoms with E-state index in [1.807, 2.05) is 6.92 Å². The van der Waals surface area contributed by atoms with Crippen LogP contribution in [0.5, 0.6) is 0 Å². The van der Waals surface area contributed by atoms with E-state index in [4.69, 9.17) is 4.74 Å². The Hall–Kier alpha value is -0.0800. The van der Waals surface area contributed by atoms with Gasteiger partial charge in [0.2, 0.25) is 0 Å². The summed E-state index contributed by atoms with van der Waals surface area (Å²) in [5, 5.41) is 0.915. The first-order valence-corrected chi connectivity index (χ1v) is 6.17. The van der Waals surface area contributed by atoms with Crippen LogP contribution in [0.15, 0.2) is 23.8 Å². The number of ether oxygens (including phenoxy) is 1. The van der Waals surface area contributed by atoms with Crippen LogP contribution in [0.25, 0.3) is 0 Å². The molecule has 0 aliphatic carbocycles. The zero-order valence-corrected chi connectivity index (χ0v) is 11.2. The van der Waals surface area contributed by atoms with E-state index in [0.29, 0.717) is 0 Å². The molecule has 0 aromatic rings. The Morgan fingerprint density at radius 3 is 2.57 bits per heavy atom. The Bertz CT molecular complexity index is 204. The van der Waals surface area contributed by atoms with Crippen molar-refractivity contribution in [1.82, 2.24) is 0 Å². The summed E-state index contributed by atoms with van der Waals surface area (Å²) in [5.74, 6) is 0. The summed E-state index contributed by atoms with van der Waals surface area (Å²) >= 11 is 3.37. The lowest BCUT2D eigenvalue weighted by Crippen LogP contribution is -2.23. The maximum atomic E-state index is 5.59. The summed E-state index contributed by atoms with van der Waals surface area (Å²) in [5.41, 5.74) is 1.24. The van der Waals surface area contributed by atoms with Crippen LogP contribution in [0.1, 0.15) is 34.1 Å². The minimum Gasteiger partial charge on any atom is -0.376 e. The molecule has 0 bridgehead atoms. The minimum atomic E-state index is -0.0417. The van der Waals surface area contributed by atoms with Crippen LogP contribution in [-0.2, 0) is 4.74 Å². The van der Waals surface area contributed by atoms with E-state index in [0.717, 1.165) is 18.4 Å². The van der Waals surface area contributed by atoms with Gasteiger partial charge in [-0.05, 0) is 34.1 Å². The van der Waals surface area contributed by atoms with Gasteiger partial charge in [0.05, 0.1) is 5.60 Å². The smallest absolute Gasteiger partial charge is 0.0660 e. The fourth-order valence-electron chi connectivity index (χ4n) is 1.17. The summed E-state index contributed by atoms with van der Waals surface area (Å²) in [4.78, 5) is 0. The van der Waals surface area contributed by atoms with Crippen molar-refractivity contribution >= 4 is 15.9 Å². The number of rotatable bonds is 6. The molecule has 0 saturated heterocycles. The fraction of sp³-hybridized carbons (Fsp3) is 0.667. The van der Waals surface area contributed by atoms with E-state index in [-0.39, 0.29) is 5.60 Å². The summed E-state index contributed by atoms with van der Waals surface area (Å²) in [7, 11) is 0. The first-order valence-electron chi connectivity index (χ1n) is 5.05. The maximum absolute atomic E-state index is 5.59. The van der Waals surface area contributed by atoms with Gasteiger partial charge >= 0.3 is 0 Å². The monoisotopic (exact) mass is 260 g/mol. The first kappa shape index (κ1) is 13.9. The van der Waals surface area contributed by atoms with Gasteiger partial charge in [-0.1, -0.05) is 39.7 Å². The molecule has 0 aromatic carbocycles. The number of alkyl halides is 1. The maximum Gasteiger partial charge on any atom is 0.0660 e. The molecule has 0 aliphatic heterocycles. The molecule has 0 radical (unpaired) electrons. The van der Waals surface area contributed by atoms with E-state index in [2.05, 4.69) is 54.9 Å². The van der Waals surface area contributed by atoms with E-state index in [1.54, 1.807) is 0 Å². The molecule has 0 atom stereocenters. The zero-order valence-electron chi connectivity index (χ0n) is 9.64. The largest absolute Gasteiger partial charge is 0.376 e. The molecule has 0 amide bonds. The van der Waals surface area contributed by atoms with Crippen molar-refractivity contribution in [2.24, 2.45) is 0 Å². The summed E-state index contributed by atoms with van der Waals surface area (Å²) in [6, 6.07) is 0. The SMILES string of the molecule is CCOC(C)(C)CC=CC(C)=CCBr. The Morgan fingerprint density at radius 1 is 1.43 bits per heavy atom. The number of hydrogen-bond donors (Lipinski definition) is 0. The zero-order chi connectivity index (χ0) is 11.0. The van der Waals surface area contributed by atoms with Crippen LogP contribution < -0.4 is 0 Å². The Labute approximate surface area is 96.4 Å². The fourth-order valence-corrected chi connectivity index (χ4v) is 1.68. The summed E-state index contributed by atoms with van der Waals surface area (Å²) in [6.45, 7) is 9.14. The molecule has 0 unspecified atom stereocenters. The van der Waals surface area contributed by atoms with Gasteiger partial charge in [0.1, 0.15) is 0 Å². The van der Waals surface area contributed by atoms with E-state index >= 15 is 0 Å². The quantitative estimate of drug-likeness (QED) is 0.517. The van der Waals surface area contributed by atoms with Crippen molar-refractivity contribution in [2.75, 3.05) is 11.9 Å². The molecular weight excluding hydrogens is 240 g/mol. The number of hydrogen-bond acceptors (Lipinski definition) is 1. The lowest BCUT2D eigenvalue weighted by atomic mass is 10.0. The lowest BCUT2D eigenvalue weighted by Gasteiger charge is -2.22. The van der Waals surface area contributed by atoms with Gasteiger partial charge in [-0.15, -0.1) is 0 Å². The molecule has 0 heterocycles. The minimum absolute atomic E-state index is 0.0417. The molecule has 0 aromatic heterocycles. The van der Waals surface area contributed by atoms with Gasteiger partial charge in [-0.3, -0.25) is 0 Å².